The second-order valence-corrected chi connectivity index (χ2v) is 18.1. The van der Waals surface area contributed by atoms with E-state index in [1.165, 1.54) is 19.4 Å². The Morgan fingerprint density at radius 1 is 0.784 bits per heavy atom. The molecule has 1 fully saturated rings. The Bertz CT molecular complexity index is 2580. The molecule has 74 heavy (non-hydrogen) atoms. The highest BCUT2D eigenvalue weighted by Crippen LogP contribution is 2.20. The van der Waals surface area contributed by atoms with E-state index < -0.39 is 102 Å². The molecule has 1 aliphatic rings. The second-order valence-electron chi connectivity index (χ2n) is 18.1. The van der Waals surface area contributed by atoms with Crippen molar-refractivity contribution in [3.05, 3.63) is 90.1 Å². The van der Waals surface area contributed by atoms with E-state index in [0.717, 1.165) is 10.9 Å². The number of aromatic amines is 2. The van der Waals surface area contributed by atoms with Crippen LogP contribution in [0, 0.1) is 0 Å². The number of aromatic nitrogens is 3. The summed E-state index contributed by atoms with van der Waals surface area (Å²) in [6.07, 6.45) is 5.28. The summed E-state index contributed by atoms with van der Waals surface area (Å²) in [5.41, 5.74) is 13.5. The molecule has 15 N–H and O–H groups in total. The predicted octanol–water partition coefficient (Wildman–Crippen LogP) is -0.649. The van der Waals surface area contributed by atoms with Gasteiger partial charge in [0, 0.05) is 68.3 Å². The molecule has 0 radical (unpaired) electrons. The number of guanidine groups is 1. The number of nitrogens with two attached hydrogens (primary N) is 2. The fourth-order valence-electron chi connectivity index (χ4n) is 8.37. The fraction of sp³-hybridized carbons (Fsp3) is 0.460. The minimum Gasteiger partial charge on any atom is -0.480 e. The van der Waals surface area contributed by atoms with Crippen LogP contribution in [0.1, 0.15) is 88.5 Å². The van der Waals surface area contributed by atoms with Gasteiger partial charge in [-0.05, 0) is 55.7 Å². The minimum absolute atomic E-state index is 0.00489. The first-order chi connectivity index (χ1) is 35.5. The number of benzene rings is 2. The number of aliphatic carboxylic acids is 1. The van der Waals surface area contributed by atoms with Gasteiger partial charge in [0.15, 0.2) is 5.96 Å². The molecule has 2 aromatic heterocycles. The number of nitrogens with one attached hydrogen (secondary N) is 10. The van der Waals surface area contributed by atoms with Crippen LogP contribution < -0.4 is 54.0 Å². The van der Waals surface area contributed by atoms with E-state index in [1.54, 1.807) is 42.6 Å². The van der Waals surface area contributed by atoms with Gasteiger partial charge in [-0.3, -0.25) is 43.3 Å². The number of nitrogens with zero attached hydrogens (tertiary/aromatic N) is 2. The molecule has 3 heterocycles. The van der Waals surface area contributed by atoms with Crippen LogP contribution in [0.15, 0.2) is 78.3 Å². The van der Waals surface area contributed by atoms with E-state index in [4.69, 9.17) is 11.5 Å². The van der Waals surface area contributed by atoms with Crippen LogP contribution in [0.2, 0.25) is 0 Å². The number of H-pyrrole nitrogens is 2. The van der Waals surface area contributed by atoms with E-state index >= 15 is 0 Å². The molecular formula is C50H68N14O10. The third-order valence-corrected chi connectivity index (χ3v) is 12.3. The Morgan fingerprint density at radius 3 is 2.11 bits per heavy atom. The Hall–Kier alpha value is -8.31. The van der Waals surface area contributed by atoms with Gasteiger partial charge in [-0.25, -0.2) is 9.78 Å². The van der Waals surface area contributed by atoms with E-state index in [9.17, 15) is 48.3 Å². The zero-order valence-corrected chi connectivity index (χ0v) is 41.5. The lowest BCUT2D eigenvalue weighted by Crippen LogP contribution is -2.61. The second kappa shape index (κ2) is 28.7. The molecule has 398 valence electrons. The van der Waals surface area contributed by atoms with Crippen LogP contribution in [0.5, 0.6) is 0 Å². The van der Waals surface area contributed by atoms with Crippen molar-refractivity contribution in [1.82, 2.24) is 57.5 Å². The number of imidazole rings is 1. The Morgan fingerprint density at radius 2 is 1.43 bits per heavy atom. The van der Waals surface area contributed by atoms with Crippen LogP contribution in [-0.4, -0.2) is 135 Å². The highest BCUT2D eigenvalue weighted by atomic mass is 16.4. The summed E-state index contributed by atoms with van der Waals surface area (Å²) in [6, 6.07) is 6.21. The lowest BCUT2D eigenvalue weighted by atomic mass is 10.0. The Labute approximate surface area is 427 Å². The number of carbonyl (C=O) groups is 9. The maximum absolute atomic E-state index is 14.7. The topological polar surface area (TPSA) is 379 Å². The summed E-state index contributed by atoms with van der Waals surface area (Å²) in [7, 11) is 0. The average molecular weight is 1030 g/mol. The molecule has 0 spiro atoms. The third kappa shape index (κ3) is 18.1. The lowest BCUT2D eigenvalue weighted by molar-refractivity contribution is -0.142. The zero-order chi connectivity index (χ0) is 53.6. The number of carboxylic acids is 1. The first-order valence-electron chi connectivity index (χ1n) is 24.7. The van der Waals surface area contributed by atoms with Gasteiger partial charge in [0.2, 0.25) is 47.3 Å². The first-order valence-corrected chi connectivity index (χ1v) is 24.7. The van der Waals surface area contributed by atoms with Crippen molar-refractivity contribution in [2.75, 3.05) is 13.1 Å². The van der Waals surface area contributed by atoms with E-state index in [-0.39, 0.29) is 76.8 Å². The summed E-state index contributed by atoms with van der Waals surface area (Å²) in [4.78, 5) is 139. The molecule has 2 aromatic carbocycles. The van der Waals surface area contributed by atoms with Crippen molar-refractivity contribution in [3.8, 4) is 0 Å². The van der Waals surface area contributed by atoms with E-state index in [1.807, 2.05) is 25.1 Å². The maximum atomic E-state index is 14.7. The van der Waals surface area contributed by atoms with Crippen LogP contribution in [0.3, 0.4) is 0 Å². The summed E-state index contributed by atoms with van der Waals surface area (Å²) >= 11 is 0. The van der Waals surface area contributed by atoms with Crippen LogP contribution in [0.4, 0.5) is 0 Å². The SMILES string of the molecule is CCCC[C@H](NC(C)=O)C(=O)N[C@H]1CC(=O)NCCCC[C@@H](C(=O)O)NC(=O)C(Cc2c[nH]c3ccccc23)NC(=O)[C@H](CCCN=C(N)N)NC(=O)[C@@H](Cc2ccccc2)NC(=O)[C@H](Cc2cnc[nH]2)NC1=O. The van der Waals surface area contributed by atoms with E-state index in [0.29, 0.717) is 29.7 Å². The third-order valence-electron chi connectivity index (χ3n) is 12.3. The minimum atomic E-state index is -1.59. The molecule has 24 nitrogen and oxygen atoms in total. The molecular weight excluding hydrogens is 957 g/mol. The Balaban J connectivity index is 1.55. The molecule has 1 saturated heterocycles. The van der Waals surface area contributed by atoms with Crippen molar-refractivity contribution in [2.24, 2.45) is 16.5 Å². The molecule has 24 heteroatoms. The number of carboxylic acid groups (broad SMARTS) is 1. The summed E-state index contributed by atoms with van der Waals surface area (Å²) < 4.78 is 0. The van der Waals surface area contributed by atoms with Gasteiger partial charge in [-0.2, -0.15) is 0 Å². The largest absolute Gasteiger partial charge is 0.480 e. The van der Waals surface area contributed by atoms with Gasteiger partial charge in [-0.1, -0.05) is 68.3 Å². The highest BCUT2D eigenvalue weighted by molar-refractivity contribution is 5.99. The number of amides is 8. The predicted molar refractivity (Wildman–Crippen MR) is 272 cm³/mol. The standard InChI is InChI=1S/C50H68N14O10/c1-3-4-16-35(58-29(2)65)43(67)64-41-25-42(66)54-20-11-10-18-37(49(73)74)60-46(70)39(23-31-26-56-34-17-9-8-15-33(31)34)62-44(68)36(19-12-21-55-50(51)52)59-45(69)38(22-30-13-6-5-7-14-30)61-47(71)40(63-48(41)72)24-32-27-53-28-57-32/h5-9,13-15,17,26-28,35-41,56H,3-4,10-12,16,18-25H2,1-2H3,(H,53,57)(H,54,66)(H,58,65)(H,59,69)(H,60,70)(H,61,71)(H,62,68)(H,63,72)(H,64,67)(H,73,74)(H4,51,52,55)/t35-,36-,37-,38+,39?,40-,41-/m0/s1. The normalized spacial score (nSPS) is 21.3. The molecule has 8 amide bonds. The fourth-order valence-corrected chi connectivity index (χ4v) is 8.37. The van der Waals surface area contributed by atoms with Gasteiger partial charge in [-0.15, -0.1) is 0 Å². The monoisotopic (exact) mass is 1020 g/mol. The number of carbonyl (C=O) groups excluding carboxylic acids is 8. The maximum Gasteiger partial charge on any atom is 0.326 e. The number of aliphatic imine (C=N–C) groups is 1. The zero-order valence-electron chi connectivity index (χ0n) is 41.5. The van der Waals surface area contributed by atoms with Gasteiger partial charge in [0.05, 0.1) is 12.7 Å². The van der Waals surface area contributed by atoms with Gasteiger partial charge < -0.3 is 69.1 Å². The molecule has 0 aliphatic carbocycles. The van der Waals surface area contributed by atoms with E-state index in [2.05, 4.69) is 62.5 Å². The highest BCUT2D eigenvalue weighted by Gasteiger charge is 2.35. The van der Waals surface area contributed by atoms with Crippen molar-refractivity contribution in [1.29, 1.82) is 0 Å². The van der Waals surface area contributed by atoms with Gasteiger partial charge >= 0.3 is 5.97 Å². The molecule has 4 aromatic rings. The van der Waals surface area contributed by atoms with Crippen molar-refractivity contribution < 1.29 is 48.3 Å². The first kappa shape index (κ1) is 56.6. The summed E-state index contributed by atoms with van der Waals surface area (Å²) in [5.74, 6) is -7.80. The van der Waals surface area contributed by atoms with Gasteiger partial charge in [0.25, 0.3) is 0 Å². The number of rotatable bonds is 17. The van der Waals surface area contributed by atoms with Crippen LogP contribution in [-0.2, 0) is 62.4 Å². The van der Waals surface area contributed by atoms with Crippen LogP contribution >= 0.6 is 0 Å². The number of fused-ring (bicyclic) bond motifs is 1. The van der Waals surface area contributed by atoms with Crippen molar-refractivity contribution in [2.45, 2.75) is 133 Å². The molecule has 5 rings (SSSR count). The number of hydrogen-bond donors (Lipinski definition) is 13. The summed E-state index contributed by atoms with van der Waals surface area (Å²) in [5, 5.41) is 32.3. The Kier molecular flexibility index (Phi) is 21.9. The molecule has 7 atom stereocenters. The average Bonchev–Trinajstić information content (AvgIpc) is 4.04. The number of unbranched alkanes of at least 4 members (excludes halogenated alkanes) is 1. The van der Waals surface area contributed by atoms with Crippen LogP contribution in [0.25, 0.3) is 10.9 Å². The van der Waals surface area contributed by atoms with Crippen molar-refractivity contribution >= 4 is 70.1 Å². The molecule has 1 aliphatic heterocycles. The number of para-hydroxylation sites is 1. The smallest absolute Gasteiger partial charge is 0.326 e. The lowest BCUT2D eigenvalue weighted by Gasteiger charge is -2.28. The molecule has 0 bridgehead atoms. The molecule has 1 unspecified atom stereocenters. The molecule has 0 saturated carbocycles. The van der Waals surface area contributed by atoms with Gasteiger partial charge in [0.1, 0.15) is 42.3 Å². The number of hydrogen-bond acceptors (Lipinski definition) is 11. The quantitative estimate of drug-likeness (QED) is 0.0356. The summed E-state index contributed by atoms with van der Waals surface area (Å²) in [6.45, 7) is 3.19. The van der Waals surface area contributed by atoms with Crippen molar-refractivity contribution in [3.63, 3.8) is 0 Å².